The van der Waals surface area contributed by atoms with Crippen LogP contribution in [0.5, 0.6) is 0 Å². The van der Waals surface area contributed by atoms with Crippen molar-refractivity contribution in [2.75, 3.05) is 0 Å². The Bertz CT molecular complexity index is 754. The van der Waals surface area contributed by atoms with Crippen LogP contribution in [0.3, 0.4) is 0 Å². The van der Waals surface area contributed by atoms with Crippen LogP contribution in [0.2, 0.25) is 0 Å². The fourth-order valence-corrected chi connectivity index (χ4v) is 3.18. The van der Waals surface area contributed by atoms with E-state index in [9.17, 15) is 9.18 Å². The molecule has 0 aliphatic rings. The Kier molecular flexibility index (Phi) is 5.16. The molecule has 0 bridgehead atoms. The van der Waals surface area contributed by atoms with Gasteiger partial charge in [-0.15, -0.1) is 0 Å². The molecule has 2 rings (SSSR count). The van der Waals surface area contributed by atoms with Gasteiger partial charge in [0, 0.05) is 17.8 Å². The molecule has 1 aromatic carbocycles. The van der Waals surface area contributed by atoms with Crippen LogP contribution in [0.15, 0.2) is 24.3 Å². The van der Waals surface area contributed by atoms with Gasteiger partial charge in [-0.1, -0.05) is 19.1 Å². The second kappa shape index (κ2) is 6.80. The Hall–Kier alpha value is -2.10. The molecule has 130 valence electrons. The maximum atomic E-state index is 13.5. The Balaban J connectivity index is 2.51. The number of nitrogens with zero attached hydrogens (tertiary/aromatic N) is 1. The fourth-order valence-electron chi connectivity index (χ4n) is 3.18. The molecule has 1 heterocycles. The first-order chi connectivity index (χ1) is 11.1. The summed E-state index contributed by atoms with van der Waals surface area (Å²) in [5.74, 6) is -0.343. The Morgan fingerprint density at radius 1 is 1.25 bits per heavy atom. The molecule has 2 aromatic rings. The maximum absolute atomic E-state index is 13.5. The van der Waals surface area contributed by atoms with Gasteiger partial charge in [-0.2, -0.15) is 0 Å². The van der Waals surface area contributed by atoms with Crippen molar-refractivity contribution >= 4 is 5.91 Å². The number of halogens is 1. The first kappa shape index (κ1) is 18.2. The minimum absolute atomic E-state index is 0.0841. The maximum Gasteiger partial charge on any atom is 0.268 e. The molecule has 1 amide bonds. The summed E-state index contributed by atoms with van der Waals surface area (Å²) in [6, 6.07) is 6.54. The molecular formula is C20H27FN2O. The first-order valence-corrected chi connectivity index (χ1v) is 8.39. The van der Waals surface area contributed by atoms with Crippen LogP contribution in [0.1, 0.15) is 60.6 Å². The molecule has 0 atom stereocenters. The van der Waals surface area contributed by atoms with E-state index >= 15 is 0 Å². The van der Waals surface area contributed by atoms with Gasteiger partial charge in [0.1, 0.15) is 11.5 Å². The van der Waals surface area contributed by atoms with E-state index in [2.05, 4.69) is 12.2 Å². The number of hydrogen-bond donors (Lipinski definition) is 1. The number of nitrogens with one attached hydrogen (secondary N) is 1. The molecule has 3 nitrogen and oxygen atoms in total. The number of carbonyl (C=O) groups is 1. The van der Waals surface area contributed by atoms with Crippen molar-refractivity contribution in [3.8, 4) is 0 Å². The summed E-state index contributed by atoms with van der Waals surface area (Å²) >= 11 is 0. The standard InChI is InChI=1S/C20H27FN2O/c1-7-17-13(2)18(19(24)22-20(4,5)6)23(14(17)3)12-15-9-8-10-16(21)11-15/h8-11H,7,12H2,1-6H3,(H,22,24). The zero-order chi connectivity index (χ0) is 18.1. The summed E-state index contributed by atoms with van der Waals surface area (Å²) in [7, 11) is 0. The minimum Gasteiger partial charge on any atom is -0.346 e. The van der Waals surface area contributed by atoms with Crippen LogP contribution >= 0.6 is 0 Å². The third kappa shape index (κ3) is 3.86. The zero-order valence-corrected chi connectivity index (χ0v) is 15.5. The summed E-state index contributed by atoms with van der Waals surface area (Å²) in [6.07, 6.45) is 0.865. The van der Waals surface area contributed by atoms with Gasteiger partial charge >= 0.3 is 0 Å². The molecule has 1 N–H and O–H groups in total. The highest BCUT2D eigenvalue weighted by atomic mass is 19.1. The fraction of sp³-hybridized carbons (Fsp3) is 0.450. The summed E-state index contributed by atoms with van der Waals surface area (Å²) in [5.41, 5.74) is 4.47. The lowest BCUT2D eigenvalue weighted by Crippen LogP contribution is -2.41. The van der Waals surface area contributed by atoms with Crippen molar-refractivity contribution in [3.05, 3.63) is 58.2 Å². The minimum atomic E-state index is -0.308. The number of amides is 1. The molecule has 0 aliphatic heterocycles. The van der Waals surface area contributed by atoms with Gasteiger partial charge in [0.2, 0.25) is 0 Å². The molecule has 0 saturated carbocycles. The third-order valence-electron chi connectivity index (χ3n) is 4.21. The van der Waals surface area contributed by atoms with E-state index in [4.69, 9.17) is 0 Å². The number of rotatable bonds is 4. The zero-order valence-electron chi connectivity index (χ0n) is 15.5. The van der Waals surface area contributed by atoms with Gasteiger partial charge in [-0.05, 0) is 69.9 Å². The van der Waals surface area contributed by atoms with Crippen molar-refractivity contribution in [1.29, 1.82) is 0 Å². The van der Waals surface area contributed by atoms with Gasteiger partial charge in [0.05, 0.1) is 0 Å². The molecule has 0 spiro atoms. The molecule has 0 unspecified atom stereocenters. The molecule has 0 radical (unpaired) electrons. The normalized spacial score (nSPS) is 11.6. The number of benzene rings is 1. The van der Waals surface area contributed by atoms with E-state index in [0.717, 1.165) is 23.2 Å². The highest BCUT2D eigenvalue weighted by Crippen LogP contribution is 2.25. The summed E-state index contributed by atoms with van der Waals surface area (Å²) in [5, 5.41) is 3.04. The largest absolute Gasteiger partial charge is 0.346 e. The molecule has 0 saturated heterocycles. The summed E-state index contributed by atoms with van der Waals surface area (Å²) in [6.45, 7) is 12.5. The van der Waals surface area contributed by atoms with Crippen molar-refractivity contribution in [1.82, 2.24) is 9.88 Å². The van der Waals surface area contributed by atoms with Crippen molar-refractivity contribution in [2.24, 2.45) is 0 Å². The van der Waals surface area contributed by atoms with Gasteiger partial charge in [-0.3, -0.25) is 4.79 Å². The highest BCUT2D eigenvalue weighted by molar-refractivity contribution is 5.95. The van der Waals surface area contributed by atoms with E-state index in [1.807, 2.05) is 45.3 Å². The Morgan fingerprint density at radius 2 is 1.92 bits per heavy atom. The summed E-state index contributed by atoms with van der Waals surface area (Å²) < 4.78 is 15.5. The number of hydrogen-bond acceptors (Lipinski definition) is 1. The molecule has 4 heteroatoms. The van der Waals surface area contributed by atoms with Crippen LogP contribution in [0.25, 0.3) is 0 Å². The Labute approximate surface area is 143 Å². The van der Waals surface area contributed by atoms with Crippen LogP contribution in [0, 0.1) is 19.7 Å². The molecular weight excluding hydrogens is 303 g/mol. The highest BCUT2D eigenvalue weighted by Gasteiger charge is 2.24. The van der Waals surface area contributed by atoms with E-state index in [1.165, 1.54) is 17.7 Å². The lowest BCUT2D eigenvalue weighted by molar-refractivity contribution is 0.0909. The van der Waals surface area contributed by atoms with Gasteiger partial charge in [0.25, 0.3) is 5.91 Å². The molecule has 24 heavy (non-hydrogen) atoms. The summed E-state index contributed by atoms with van der Waals surface area (Å²) in [4.78, 5) is 12.8. The lowest BCUT2D eigenvalue weighted by Gasteiger charge is -2.22. The van der Waals surface area contributed by atoms with Gasteiger partial charge in [0.15, 0.2) is 0 Å². The topological polar surface area (TPSA) is 34.0 Å². The Morgan fingerprint density at radius 3 is 2.46 bits per heavy atom. The number of carbonyl (C=O) groups excluding carboxylic acids is 1. The third-order valence-corrected chi connectivity index (χ3v) is 4.21. The smallest absolute Gasteiger partial charge is 0.268 e. The van der Waals surface area contributed by atoms with Gasteiger partial charge < -0.3 is 9.88 Å². The van der Waals surface area contributed by atoms with Crippen molar-refractivity contribution < 1.29 is 9.18 Å². The van der Waals surface area contributed by atoms with E-state index in [-0.39, 0.29) is 17.3 Å². The van der Waals surface area contributed by atoms with Crippen LogP contribution < -0.4 is 5.32 Å². The predicted molar refractivity (Wildman–Crippen MR) is 96.0 cm³/mol. The second-order valence-corrected chi connectivity index (χ2v) is 7.31. The van der Waals surface area contributed by atoms with Crippen LogP contribution in [0.4, 0.5) is 4.39 Å². The van der Waals surface area contributed by atoms with Crippen LogP contribution in [-0.2, 0) is 13.0 Å². The van der Waals surface area contributed by atoms with Crippen molar-refractivity contribution in [2.45, 2.75) is 60.0 Å². The van der Waals surface area contributed by atoms with Gasteiger partial charge in [-0.25, -0.2) is 4.39 Å². The predicted octanol–water partition coefficient (Wildman–Crippen LogP) is 4.38. The molecule has 0 fully saturated rings. The van der Waals surface area contributed by atoms with E-state index in [1.54, 1.807) is 6.07 Å². The first-order valence-electron chi connectivity index (χ1n) is 8.39. The quantitative estimate of drug-likeness (QED) is 0.887. The SMILES string of the molecule is CCc1c(C)c(C(=O)NC(C)(C)C)n(Cc2cccc(F)c2)c1C. The molecule has 0 aliphatic carbocycles. The number of aromatic nitrogens is 1. The average Bonchev–Trinajstić information content (AvgIpc) is 2.68. The lowest BCUT2D eigenvalue weighted by atomic mass is 10.1. The molecule has 1 aromatic heterocycles. The monoisotopic (exact) mass is 330 g/mol. The van der Waals surface area contributed by atoms with E-state index in [0.29, 0.717) is 12.2 Å². The van der Waals surface area contributed by atoms with E-state index < -0.39 is 0 Å². The van der Waals surface area contributed by atoms with Crippen LogP contribution in [-0.4, -0.2) is 16.0 Å². The average molecular weight is 330 g/mol. The second-order valence-electron chi connectivity index (χ2n) is 7.31. The van der Waals surface area contributed by atoms with Crippen molar-refractivity contribution in [3.63, 3.8) is 0 Å².